The molecule has 0 aliphatic carbocycles. The Bertz CT molecular complexity index is 2560. The number of carbonyl (C=O) groups excluding carboxylic acids is 4. The van der Waals surface area contributed by atoms with Gasteiger partial charge >= 0.3 is 39.5 Å². The summed E-state index contributed by atoms with van der Waals surface area (Å²) in [7, 11) is -9.99. The predicted octanol–water partition coefficient (Wildman–Crippen LogP) is 25.2. The zero-order valence-corrected chi connectivity index (χ0v) is 69.8. The molecule has 0 aromatic heterocycles. The molecule has 0 saturated carbocycles. The van der Waals surface area contributed by atoms with Gasteiger partial charge in [-0.2, -0.15) is 0 Å². The van der Waals surface area contributed by atoms with Gasteiger partial charge in [0.1, 0.15) is 19.3 Å². The zero-order chi connectivity index (χ0) is 78.9. The van der Waals surface area contributed by atoms with Crippen LogP contribution < -0.4 is 0 Å². The molecule has 0 rings (SSSR count). The fraction of sp³-hybridized carbons (Fsp3) is 0.708. The van der Waals surface area contributed by atoms with Crippen molar-refractivity contribution in [2.24, 2.45) is 0 Å². The van der Waals surface area contributed by atoms with Crippen LogP contribution in [0.4, 0.5) is 0 Å². The third-order valence-electron chi connectivity index (χ3n) is 17.6. The molecule has 0 heterocycles. The van der Waals surface area contributed by atoms with Gasteiger partial charge in [0.05, 0.1) is 26.4 Å². The highest BCUT2D eigenvalue weighted by atomic mass is 31.2. The molecule has 5 atom stereocenters. The number of phosphoric ester groups is 2. The maximum atomic E-state index is 13.1. The number of unbranched alkanes of at least 4 members (excludes halogenated alkanes) is 31. The van der Waals surface area contributed by atoms with Crippen LogP contribution in [-0.2, 0) is 65.4 Å². The number of hydrogen-bond donors (Lipinski definition) is 3. The van der Waals surface area contributed by atoms with Crippen molar-refractivity contribution in [3.05, 3.63) is 134 Å². The minimum atomic E-state index is -5.00. The van der Waals surface area contributed by atoms with E-state index in [1.165, 1.54) is 103 Å². The summed E-state index contributed by atoms with van der Waals surface area (Å²) in [4.78, 5) is 73.2. The lowest BCUT2D eigenvalue weighted by atomic mass is 10.0. The smallest absolute Gasteiger partial charge is 0.462 e. The monoisotopic (exact) mass is 1560 g/mol. The summed E-state index contributed by atoms with van der Waals surface area (Å²) >= 11 is 0. The number of allylic oxidation sites excluding steroid dienone is 22. The molecular formula is C89H152O17P2. The van der Waals surface area contributed by atoms with Crippen LogP contribution in [0.1, 0.15) is 349 Å². The minimum absolute atomic E-state index is 0.0357. The second-order valence-corrected chi connectivity index (χ2v) is 30.9. The Morgan fingerprint density at radius 1 is 0.269 bits per heavy atom. The molecule has 3 N–H and O–H groups in total. The van der Waals surface area contributed by atoms with E-state index in [4.69, 9.17) is 37.0 Å². The van der Waals surface area contributed by atoms with E-state index in [9.17, 15) is 43.2 Å². The Balaban J connectivity index is 5.43. The number of esters is 4. The average molecular weight is 1560 g/mol. The molecule has 0 aliphatic heterocycles. The maximum absolute atomic E-state index is 13.1. The van der Waals surface area contributed by atoms with Gasteiger partial charge in [-0.05, 0) is 128 Å². The van der Waals surface area contributed by atoms with E-state index in [0.717, 1.165) is 161 Å². The Morgan fingerprint density at radius 3 is 0.806 bits per heavy atom. The number of ether oxygens (including phenoxy) is 4. The number of rotatable bonds is 79. The van der Waals surface area contributed by atoms with Crippen LogP contribution in [-0.4, -0.2) is 96.7 Å². The Hall–Kier alpha value is -4.80. The first-order valence-corrected chi connectivity index (χ1v) is 45.4. The first kappa shape index (κ1) is 103. The SMILES string of the molecule is CC/C=C\C/C=C\C/C=C\C/C=C\C/C=C\C/C=C\CCC(=O)OCC(COP(=O)(O)OCC(O)COP(=O)(O)OCC(COC(=O)CCCCCCCC/C=C\C/C=C\C/C=C\C/C=C\CC)OC(=O)CCCCCCC/C=C\CCCCCCCC)OC(=O)CCCCCCCCCCCCCCCCC. The van der Waals surface area contributed by atoms with Crippen molar-refractivity contribution in [2.45, 2.75) is 367 Å². The first-order chi connectivity index (χ1) is 52.7. The molecule has 17 nitrogen and oxygen atoms in total. The van der Waals surface area contributed by atoms with E-state index in [1.54, 1.807) is 0 Å². The van der Waals surface area contributed by atoms with Gasteiger partial charge in [0.15, 0.2) is 12.2 Å². The van der Waals surface area contributed by atoms with Crippen molar-refractivity contribution < 1.29 is 80.2 Å². The van der Waals surface area contributed by atoms with Gasteiger partial charge in [-0.1, -0.05) is 328 Å². The normalized spacial score (nSPS) is 14.5. The topological polar surface area (TPSA) is 237 Å². The Labute approximate surface area is 656 Å². The summed E-state index contributed by atoms with van der Waals surface area (Å²) in [5.41, 5.74) is 0. The van der Waals surface area contributed by atoms with E-state index in [-0.39, 0.29) is 25.7 Å². The molecule has 0 radical (unpaired) electrons. The van der Waals surface area contributed by atoms with Gasteiger partial charge in [0, 0.05) is 25.7 Å². The molecule has 0 aromatic carbocycles. The molecule has 620 valence electrons. The van der Waals surface area contributed by atoms with Gasteiger partial charge in [-0.25, -0.2) is 9.13 Å². The number of aliphatic hydroxyl groups is 1. The third-order valence-corrected chi connectivity index (χ3v) is 19.5. The molecule has 0 fully saturated rings. The van der Waals surface area contributed by atoms with Crippen molar-refractivity contribution in [3.63, 3.8) is 0 Å². The molecule has 108 heavy (non-hydrogen) atoms. The molecule has 0 spiro atoms. The van der Waals surface area contributed by atoms with Crippen LogP contribution >= 0.6 is 15.6 Å². The third kappa shape index (κ3) is 79.3. The van der Waals surface area contributed by atoms with Crippen molar-refractivity contribution in [1.82, 2.24) is 0 Å². The summed E-state index contributed by atoms with van der Waals surface area (Å²) in [5.74, 6) is -2.28. The van der Waals surface area contributed by atoms with Crippen molar-refractivity contribution in [1.29, 1.82) is 0 Å². The molecule has 0 aliphatic rings. The lowest BCUT2D eigenvalue weighted by molar-refractivity contribution is -0.161. The lowest BCUT2D eigenvalue weighted by Crippen LogP contribution is -2.30. The summed E-state index contributed by atoms with van der Waals surface area (Å²) in [5, 5.41) is 10.7. The summed E-state index contributed by atoms with van der Waals surface area (Å²) in [6, 6.07) is 0. The van der Waals surface area contributed by atoms with Crippen molar-refractivity contribution in [3.8, 4) is 0 Å². The van der Waals surface area contributed by atoms with Crippen LogP contribution in [0.5, 0.6) is 0 Å². The highest BCUT2D eigenvalue weighted by Gasteiger charge is 2.30. The van der Waals surface area contributed by atoms with Crippen LogP contribution in [0.25, 0.3) is 0 Å². The van der Waals surface area contributed by atoms with Crippen molar-refractivity contribution in [2.75, 3.05) is 39.6 Å². The molecule has 0 bridgehead atoms. The van der Waals surface area contributed by atoms with E-state index < -0.39 is 97.5 Å². The molecule has 0 amide bonds. The summed E-state index contributed by atoms with van der Waals surface area (Å²) in [6.07, 6.45) is 91.4. The molecule has 5 unspecified atom stereocenters. The minimum Gasteiger partial charge on any atom is -0.462 e. The van der Waals surface area contributed by atoms with Crippen molar-refractivity contribution >= 4 is 39.5 Å². The van der Waals surface area contributed by atoms with Crippen LogP contribution in [0, 0.1) is 0 Å². The van der Waals surface area contributed by atoms with Gasteiger partial charge < -0.3 is 33.8 Å². The van der Waals surface area contributed by atoms with Crippen LogP contribution in [0.15, 0.2) is 134 Å². The van der Waals surface area contributed by atoms with E-state index >= 15 is 0 Å². The maximum Gasteiger partial charge on any atom is 0.472 e. The van der Waals surface area contributed by atoms with Gasteiger partial charge in [0.25, 0.3) is 0 Å². The standard InChI is InChI=1S/C89H152O17P2/c1-5-9-13-17-21-25-29-33-37-39-41-43-47-49-53-57-61-65-69-73-86(91)99-79-84(105-88(93)75-71-67-63-59-55-51-45-35-31-27-23-19-15-11-7-3)81-103-107(95,96)101-77-83(90)78-102-108(97,98)104-82-85(106-89(94)76-72-68-64-60-56-52-46-36-32-28-24-20-16-12-8-4)80-100-87(92)74-70-66-62-58-54-50-48-44-42-40-38-34-30-26-22-18-14-10-6-2/h9-10,13-14,21-22,25-26,33-35,37-38,41-45,50,54,62,66,83-85,90H,5-8,11-12,15-20,23-24,27-32,36,39-40,46-49,51-53,55-61,63-65,67-82H2,1-4H3,(H,95,96)(H,97,98)/b13-9-,14-10-,25-21-,26-22-,37-33-,38-34-,43-41-,44-42-,45-35-,54-50-,66-62-. The fourth-order valence-electron chi connectivity index (χ4n) is 11.2. The predicted molar refractivity (Wildman–Crippen MR) is 445 cm³/mol. The highest BCUT2D eigenvalue weighted by molar-refractivity contribution is 7.47. The van der Waals surface area contributed by atoms with Crippen LogP contribution in [0.2, 0.25) is 0 Å². The quantitative estimate of drug-likeness (QED) is 0.0169. The zero-order valence-electron chi connectivity index (χ0n) is 68.0. The van der Waals surface area contributed by atoms with Gasteiger partial charge in [-0.15, -0.1) is 0 Å². The molecule has 0 saturated heterocycles. The molecule has 19 heteroatoms. The second kappa shape index (κ2) is 80.3. The van der Waals surface area contributed by atoms with Gasteiger partial charge in [-0.3, -0.25) is 37.3 Å². The summed E-state index contributed by atoms with van der Waals surface area (Å²) < 4.78 is 68.7. The van der Waals surface area contributed by atoms with Crippen LogP contribution in [0.3, 0.4) is 0 Å². The van der Waals surface area contributed by atoms with E-state index in [2.05, 4.69) is 149 Å². The number of hydrogen-bond acceptors (Lipinski definition) is 15. The second-order valence-electron chi connectivity index (χ2n) is 28.0. The Morgan fingerprint density at radius 2 is 0.500 bits per heavy atom. The highest BCUT2D eigenvalue weighted by Crippen LogP contribution is 2.45. The van der Waals surface area contributed by atoms with Gasteiger partial charge in [0.2, 0.25) is 0 Å². The van der Waals surface area contributed by atoms with E-state index in [1.807, 2.05) is 12.2 Å². The molecule has 0 aromatic rings. The number of aliphatic hydroxyl groups excluding tert-OH is 1. The first-order valence-electron chi connectivity index (χ1n) is 42.4. The lowest BCUT2D eigenvalue weighted by Gasteiger charge is -2.21. The Kier molecular flexibility index (Phi) is 76.7. The molecular weight excluding hydrogens is 1400 g/mol. The fourth-order valence-corrected chi connectivity index (χ4v) is 12.8. The van der Waals surface area contributed by atoms with E-state index in [0.29, 0.717) is 32.1 Å². The summed E-state index contributed by atoms with van der Waals surface area (Å²) in [6.45, 7) is 4.58. The largest absolute Gasteiger partial charge is 0.472 e. The average Bonchev–Trinajstić information content (AvgIpc) is 0.923. The number of carbonyl (C=O) groups is 4. The number of phosphoric acid groups is 2.